The molecule has 0 saturated heterocycles. The van der Waals surface area contributed by atoms with Crippen LogP contribution in [0, 0.1) is 0 Å². The van der Waals surface area contributed by atoms with E-state index >= 15 is 0 Å². The van der Waals surface area contributed by atoms with Gasteiger partial charge in [-0.15, -0.1) is 0 Å². The number of halogens is 1. The number of rotatable bonds is 5. The van der Waals surface area contributed by atoms with Crippen LogP contribution in [0.2, 0.25) is 5.02 Å². The summed E-state index contributed by atoms with van der Waals surface area (Å²) in [4.78, 5) is 12.5. The SMILES string of the molecule is COc1cc(NC(=O)c2cnn(-c3ccccc3)c2)c(OC)cc1Cl. The van der Waals surface area contributed by atoms with Crippen molar-refractivity contribution in [2.45, 2.75) is 0 Å². The number of benzene rings is 2. The van der Waals surface area contributed by atoms with E-state index in [4.69, 9.17) is 21.1 Å². The highest BCUT2D eigenvalue weighted by Crippen LogP contribution is 2.36. The van der Waals surface area contributed by atoms with Crippen LogP contribution in [0.5, 0.6) is 11.5 Å². The fourth-order valence-electron chi connectivity index (χ4n) is 2.31. The fraction of sp³-hybridized carbons (Fsp3) is 0.111. The number of aromatic nitrogens is 2. The van der Waals surface area contributed by atoms with Crippen molar-refractivity contribution in [3.63, 3.8) is 0 Å². The van der Waals surface area contributed by atoms with Gasteiger partial charge in [0.15, 0.2) is 0 Å². The molecule has 0 unspecified atom stereocenters. The molecule has 3 rings (SSSR count). The van der Waals surface area contributed by atoms with Gasteiger partial charge in [0.25, 0.3) is 5.91 Å². The molecule has 0 fully saturated rings. The van der Waals surface area contributed by atoms with Crippen LogP contribution in [0.15, 0.2) is 54.9 Å². The minimum Gasteiger partial charge on any atom is -0.495 e. The zero-order valence-corrected chi connectivity index (χ0v) is 14.4. The predicted molar refractivity (Wildman–Crippen MR) is 96.1 cm³/mol. The number of hydrogen-bond donors (Lipinski definition) is 1. The Kier molecular flexibility index (Phi) is 4.90. The van der Waals surface area contributed by atoms with Crippen molar-refractivity contribution in [2.24, 2.45) is 0 Å². The second-order valence-electron chi connectivity index (χ2n) is 5.15. The van der Waals surface area contributed by atoms with Crippen LogP contribution in [0.1, 0.15) is 10.4 Å². The molecule has 1 heterocycles. The number of ether oxygens (including phenoxy) is 2. The van der Waals surface area contributed by atoms with Gasteiger partial charge in [-0.1, -0.05) is 29.8 Å². The maximum Gasteiger partial charge on any atom is 0.258 e. The molecule has 1 N–H and O–H groups in total. The molecule has 0 atom stereocenters. The highest BCUT2D eigenvalue weighted by molar-refractivity contribution is 6.32. The summed E-state index contributed by atoms with van der Waals surface area (Å²) in [6.07, 6.45) is 3.16. The molecule has 6 nitrogen and oxygen atoms in total. The van der Waals surface area contributed by atoms with Crippen molar-refractivity contribution in [2.75, 3.05) is 19.5 Å². The van der Waals surface area contributed by atoms with Crippen molar-refractivity contribution in [1.29, 1.82) is 0 Å². The van der Waals surface area contributed by atoms with Crippen LogP contribution >= 0.6 is 11.6 Å². The van der Waals surface area contributed by atoms with Crippen LogP contribution in [0.25, 0.3) is 5.69 Å². The van der Waals surface area contributed by atoms with E-state index in [-0.39, 0.29) is 5.91 Å². The van der Waals surface area contributed by atoms with Crippen LogP contribution in [0.4, 0.5) is 5.69 Å². The van der Waals surface area contributed by atoms with Gasteiger partial charge in [-0.2, -0.15) is 5.10 Å². The highest BCUT2D eigenvalue weighted by Gasteiger charge is 2.15. The number of nitrogens with zero attached hydrogens (tertiary/aromatic N) is 2. The van der Waals surface area contributed by atoms with E-state index in [0.717, 1.165) is 5.69 Å². The molecule has 0 aliphatic heterocycles. The molecular weight excluding hydrogens is 342 g/mol. The van der Waals surface area contributed by atoms with Crippen molar-refractivity contribution in [3.05, 3.63) is 65.4 Å². The van der Waals surface area contributed by atoms with E-state index in [9.17, 15) is 4.79 Å². The molecule has 3 aromatic rings. The lowest BCUT2D eigenvalue weighted by molar-refractivity contribution is 0.102. The van der Waals surface area contributed by atoms with Crippen LogP contribution in [-0.4, -0.2) is 29.9 Å². The molecule has 0 bridgehead atoms. The first kappa shape index (κ1) is 16.9. The number of carbonyl (C=O) groups is 1. The molecule has 0 radical (unpaired) electrons. The summed E-state index contributed by atoms with van der Waals surface area (Å²) < 4.78 is 12.1. The second-order valence-corrected chi connectivity index (χ2v) is 5.56. The summed E-state index contributed by atoms with van der Waals surface area (Å²) in [5, 5.41) is 7.40. The van der Waals surface area contributed by atoms with Crippen LogP contribution in [-0.2, 0) is 0 Å². The monoisotopic (exact) mass is 357 g/mol. The Balaban J connectivity index is 1.85. The summed E-state index contributed by atoms with van der Waals surface area (Å²) in [6.45, 7) is 0. The Hall–Kier alpha value is -2.99. The van der Waals surface area contributed by atoms with Crippen molar-refractivity contribution >= 4 is 23.2 Å². The first-order valence-corrected chi connectivity index (χ1v) is 7.83. The molecule has 7 heteroatoms. The summed E-state index contributed by atoms with van der Waals surface area (Å²) in [7, 11) is 3.00. The van der Waals surface area contributed by atoms with Gasteiger partial charge in [-0.05, 0) is 12.1 Å². The lowest BCUT2D eigenvalue weighted by Crippen LogP contribution is -2.12. The molecule has 1 amide bonds. The Morgan fingerprint density at radius 3 is 2.52 bits per heavy atom. The average molecular weight is 358 g/mol. The molecule has 0 aliphatic carbocycles. The van der Waals surface area contributed by atoms with Gasteiger partial charge in [0, 0.05) is 18.3 Å². The fourth-order valence-corrected chi connectivity index (χ4v) is 2.55. The lowest BCUT2D eigenvalue weighted by atomic mass is 10.2. The summed E-state index contributed by atoms with van der Waals surface area (Å²) in [5.74, 6) is 0.567. The third kappa shape index (κ3) is 3.59. The summed E-state index contributed by atoms with van der Waals surface area (Å²) in [6, 6.07) is 12.7. The first-order chi connectivity index (χ1) is 12.1. The lowest BCUT2D eigenvalue weighted by Gasteiger charge is -2.12. The zero-order chi connectivity index (χ0) is 17.8. The van der Waals surface area contributed by atoms with E-state index in [1.165, 1.54) is 20.4 Å². The predicted octanol–water partition coefficient (Wildman–Crippen LogP) is 3.80. The number of carbonyl (C=O) groups excluding carboxylic acids is 1. The van der Waals surface area contributed by atoms with Crippen molar-refractivity contribution in [3.8, 4) is 17.2 Å². The standard InChI is InChI=1S/C18H16ClN3O3/c1-24-16-9-15(17(25-2)8-14(16)19)21-18(23)12-10-20-22(11-12)13-6-4-3-5-7-13/h3-11H,1-2H3,(H,21,23). The molecule has 0 aliphatic rings. The average Bonchev–Trinajstić information content (AvgIpc) is 3.13. The van der Waals surface area contributed by atoms with Crippen molar-refractivity contribution < 1.29 is 14.3 Å². The molecule has 2 aromatic carbocycles. The van der Waals surface area contributed by atoms with Gasteiger partial charge in [0.2, 0.25) is 0 Å². The number of nitrogens with one attached hydrogen (secondary N) is 1. The number of methoxy groups -OCH3 is 2. The second kappa shape index (κ2) is 7.27. The van der Waals surface area contributed by atoms with Gasteiger partial charge < -0.3 is 14.8 Å². The van der Waals surface area contributed by atoms with Crippen LogP contribution < -0.4 is 14.8 Å². The minimum atomic E-state index is -0.315. The van der Waals surface area contributed by atoms with Gasteiger partial charge >= 0.3 is 0 Å². The number of para-hydroxylation sites is 1. The molecular formula is C18H16ClN3O3. The maximum absolute atomic E-state index is 12.5. The van der Waals surface area contributed by atoms with E-state index in [1.54, 1.807) is 23.0 Å². The van der Waals surface area contributed by atoms with Crippen molar-refractivity contribution in [1.82, 2.24) is 9.78 Å². The Morgan fingerprint density at radius 2 is 1.84 bits per heavy atom. The van der Waals surface area contributed by atoms with Gasteiger partial charge in [0.1, 0.15) is 11.5 Å². The molecule has 0 saturated carbocycles. The quantitative estimate of drug-likeness (QED) is 0.754. The summed E-state index contributed by atoms with van der Waals surface area (Å²) >= 11 is 6.07. The summed E-state index contributed by atoms with van der Waals surface area (Å²) in [5.41, 5.74) is 1.74. The minimum absolute atomic E-state index is 0.315. The number of anilines is 1. The topological polar surface area (TPSA) is 65.4 Å². The smallest absolute Gasteiger partial charge is 0.258 e. The Morgan fingerprint density at radius 1 is 1.12 bits per heavy atom. The zero-order valence-electron chi connectivity index (χ0n) is 13.7. The molecule has 25 heavy (non-hydrogen) atoms. The molecule has 128 valence electrons. The molecule has 0 spiro atoms. The third-order valence-corrected chi connectivity index (χ3v) is 3.88. The van der Waals surface area contributed by atoms with Gasteiger partial charge in [0.05, 0.1) is 42.4 Å². The Labute approximate surface area is 149 Å². The largest absolute Gasteiger partial charge is 0.495 e. The van der Waals surface area contributed by atoms with E-state index in [0.29, 0.717) is 27.8 Å². The Bertz CT molecular complexity index is 894. The van der Waals surface area contributed by atoms with Crippen LogP contribution in [0.3, 0.4) is 0 Å². The normalized spacial score (nSPS) is 10.4. The maximum atomic E-state index is 12.5. The molecule has 1 aromatic heterocycles. The number of hydrogen-bond acceptors (Lipinski definition) is 4. The van der Waals surface area contributed by atoms with E-state index < -0.39 is 0 Å². The highest BCUT2D eigenvalue weighted by atomic mass is 35.5. The first-order valence-electron chi connectivity index (χ1n) is 7.45. The van der Waals surface area contributed by atoms with Gasteiger partial charge in [-0.3, -0.25) is 4.79 Å². The number of amides is 1. The third-order valence-electron chi connectivity index (χ3n) is 3.59. The van der Waals surface area contributed by atoms with Gasteiger partial charge in [-0.25, -0.2) is 4.68 Å². The van der Waals surface area contributed by atoms with E-state index in [1.807, 2.05) is 30.3 Å². The van der Waals surface area contributed by atoms with E-state index in [2.05, 4.69) is 10.4 Å².